The first-order valence-corrected chi connectivity index (χ1v) is 10.9. The summed E-state index contributed by atoms with van der Waals surface area (Å²) in [7, 11) is 0. The molecule has 2 aromatic carbocycles. The van der Waals surface area contributed by atoms with Crippen LogP contribution in [0.25, 0.3) is 16.8 Å². The fraction of sp³-hybridized carbons (Fsp3) is 0.158. The highest BCUT2D eigenvalue weighted by atomic mass is 79.9. The van der Waals surface area contributed by atoms with Crippen molar-refractivity contribution in [2.24, 2.45) is 0 Å². The van der Waals surface area contributed by atoms with E-state index < -0.39 is 11.1 Å². The molecule has 0 aliphatic rings. The second-order valence-corrected chi connectivity index (χ2v) is 8.00. The van der Waals surface area contributed by atoms with Gasteiger partial charge in [-0.1, -0.05) is 57.9 Å². The summed E-state index contributed by atoms with van der Waals surface area (Å²) in [4.78, 5) is 13.0. The number of benzene rings is 2. The minimum Gasteiger partial charge on any atom is -0.306 e. The molecule has 1 unspecified atom stereocenters. The van der Waals surface area contributed by atoms with E-state index in [1.165, 1.54) is 4.68 Å². The minimum atomic E-state index is -1.89. The van der Waals surface area contributed by atoms with E-state index in [9.17, 15) is 9.00 Å². The summed E-state index contributed by atoms with van der Waals surface area (Å²) in [5, 5.41) is 5.49. The van der Waals surface area contributed by atoms with Gasteiger partial charge in [-0.15, -0.1) is 0 Å². The van der Waals surface area contributed by atoms with Gasteiger partial charge in [-0.05, 0) is 35.7 Å². The Morgan fingerprint density at radius 3 is 2.56 bits per heavy atom. The highest BCUT2D eigenvalue weighted by Crippen LogP contribution is 2.23. The van der Waals surface area contributed by atoms with Crippen LogP contribution in [0.15, 0.2) is 59.5 Å². The summed E-state index contributed by atoms with van der Waals surface area (Å²) >= 11 is 7.56. The molecule has 5 nitrogen and oxygen atoms in total. The van der Waals surface area contributed by atoms with E-state index in [2.05, 4.69) is 21.0 Å². The van der Waals surface area contributed by atoms with Crippen molar-refractivity contribution >= 4 is 38.6 Å². The Kier molecular flexibility index (Phi) is 6.59. The summed E-state index contributed by atoms with van der Waals surface area (Å²) < 4.78 is 21.3. The van der Waals surface area contributed by atoms with E-state index >= 15 is 0 Å². The molecular formula is C19H16BrClN2O3S. The Labute approximate surface area is 172 Å². The molecule has 27 heavy (non-hydrogen) atoms. The van der Waals surface area contributed by atoms with Gasteiger partial charge in [0, 0.05) is 21.5 Å². The Balaban J connectivity index is 2.07. The monoisotopic (exact) mass is 466 g/mol. The molecule has 1 N–H and O–H groups in total. The van der Waals surface area contributed by atoms with Crippen LogP contribution in [-0.4, -0.2) is 23.9 Å². The molecule has 1 aromatic heterocycles. The van der Waals surface area contributed by atoms with Crippen molar-refractivity contribution in [1.29, 1.82) is 0 Å². The van der Waals surface area contributed by atoms with Crippen LogP contribution in [0.5, 0.6) is 0 Å². The van der Waals surface area contributed by atoms with Gasteiger partial charge in [0.1, 0.15) is 0 Å². The Morgan fingerprint density at radius 1 is 1.19 bits per heavy atom. The number of hydrogen-bond acceptors (Lipinski definition) is 3. The Bertz CT molecular complexity index is 1040. The van der Waals surface area contributed by atoms with Crippen molar-refractivity contribution < 1.29 is 8.76 Å². The quantitative estimate of drug-likeness (QED) is 0.435. The van der Waals surface area contributed by atoms with Crippen molar-refractivity contribution in [3.63, 3.8) is 0 Å². The van der Waals surface area contributed by atoms with Gasteiger partial charge in [0.05, 0.1) is 17.6 Å². The molecule has 0 fully saturated rings. The highest BCUT2D eigenvalue weighted by molar-refractivity contribution is 9.09. The summed E-state index contributed by atoms with van der Waals surface area (Å²) in [6, 6.07) is 14.2. The zero-order chi connectivity index (χ0) is 19.4. The largest absolute Gasteiger partial charge is 0.306 e. The zero-order valence-corrected chi connectivity index (χ0v) is 17.3. The van der Waals surface area contributed by atoms with Crippen LogP contribution in [0.4, 0.5) is 0 Å². The third-order valence-electron chi connectivity index (χ3n) is 4.03. The molecule has 0 saturated heterocycles. The Hall–Kier alpha value is -1.80. The number of halogens is 2. The van der Waals surface area contributed by atoms with E-state index in [0.717, 1.165) is 16.7 Å². The van der Waals surface area contributed by atoms with Crippen molar-refractivity contribution in [2.75, 3.05) is 5.33 Å². The van der Waals surface area contributed by atoms with Crippen LogP contribution in [0.2, 0.25) is 5.02 Å². The molecule has 0 amide bonds. The Morgan fingerprint density at radius 2 is 1.93 bits per heavy atom. The molecule has 0 spiro atoms. The number of rotatable bonds is 6. The third-order valence-corrected chi connectivity index (χ3v) is 5.24. The summed E-state index contributed by atoms with van der Waals surface area (Å²) in [6.45, 7) is 0. The van der Waals surface area contributed by atoms with Gasteiger partial charge in [0.25, 0.3) is 5.56 Å². The van der Waals surface area contributed by atoms with Gasteiger partial charge in [-0.2, -0.15) is 9.78 Å². The van der Waals surface area contributed by atoms with Crippen LogP contribution < -0.4 is 5.56 Å². The molecule has 0 bridgehead atoms. The fourth-order valence-corrected chi connectivity index (χ4v) is 3.85. The van der Waals surface area contributed by atoms with Crippen molar-refractivity contribution in [3.8, 4) is 16.8 Å². The summed E-state index contributed by atoms with van der Waals surface area (Å²) in [5.41, 5.74) is 3.38. The molecule has 0 radical (unpaired) electrons. The van der Waals surface area contributed by atoms with Gasteiger partial charge in [0.15, 0.2) is 11.1 Å². The number of nitrogens with zero attached hydrogens (tertiary/aromatic N) is 2. The molecule has 1 atom stereocenters. The lowest BCUT2D eigenvalue weighted by atomic mass is 10.0. The highest BCUT2D eigenvalue weighted by Gasteiger charge is 2.14. The second kappa shape index (κ2) is 8.93. The third kappa shape index (κ3) is 4.73. The van der Waals surface area contributed by atoms with E-state index in [1.807, 2.05) is 12.1 Å². The minimum absolute atomic E-state index is 0.0726. The van der Waals surface area contributed by atoms with Crippen LogP contribution in [0.1, 0.15) is 11.1 Å². The van der Waals surface area contributed by atoms with Gasteiger partial charge >= 0.3 is 0 Å². The van der Waals surface area contributed by atoms with Crippen LogP contribution in [-0.2, 0) is 23.3 Å². The maximum Gasteiger partial charge on any atom is 0.275 e. The molecule has 1 heterocycles. The first-order chi connectivity index (χ1) is 13.0. The first-order valence-electron chi connectivity index (χ1n) is 8.09. The smallest absolute Gasteiger partial charge is 0.275 e. The summed E-state index contributed by atoms with van der Waals surface area (Å²) in [6.07, 6.45) is 2.21. The maximum absolute atomic E-state index is 13.0. The molecule has 8 heteroatoms. The van der Waals surface area contributed by atoms with Gasteiger partial charge in [-0.25, -0.2) is 4.21 Å². The number of aromatic nitrogens is 2. The van der Waals surface area contributed by atoms with E-state index in [0.29, 0.717) is 28.0 Å². The van der Waals surface area contributed by atoms with Gasteiger partial charge in [0.2, 0.25) is 0 Å². The van der Waals surface area contributed by atoms with Crippen molar-refractivity contribution in [2.45, 2.75) is 12.2 Å². The predicted octanol–water partition coefficient (Wildman–Crippen LogP) is 4.21. The summed E-state index contributed by atoms with van der Waals surface area (Å²) in [5.74, 6) is 0.0726. The molecule has 140 valence electrons. The lowest BCUT2D eigenvalue weighted by Crippen LogP contribution is -2.25. The fourth-order valence-electron chi connectivity index (χ4n) is 2.79. The molecule has 3 aromatic rings. The van der Waals surface area contributed by atoms with E-state index in [-0.39, 0.29) is 11.3 Å². The van der Waals surface area contributed by atoms with E-state index in [4.69, 9.17) is 16.2 Å². The van der Waals surface area contributed by atoms with Crippen LogP contribution in [0, 0.1) is 0 Å². The zero-order valence-electron chi connectivity index (χ0n) is 14.1. The first kappa shape index (κ1) is 19.9. The lowest BCUT2D eigenvalue weighted by molar-refractivity contribution is 0.563. The molecular weight excluding hydrogens is 452 g/mol. The standard InChI is InChI=1S/C19H16BrClN2O3S/c20-9-8-17-18(14-6-4-13(5-7-14)12-27(25)26)11-22-23(19(17)24)16-3-1-2-15(21)10-16/h1-7,10-11H,8-9,12H2,(H,25,26). The van der Waals surface area contributed by atoms with Crippen LogP contribution >= 0.6 is 27.5 Å². The van der Waals surface area contributed by atoms with Crippen molar-refractivity contribution in [3.05, 3.63) is 81.2 Å². The normalized spacial score (nSPS) is 12.1. The molecule has 0 aliphatic heterocycles. The van der Waals surface area contributed by atoms with Crippen molar-refractivity contribution in [1.82, 2.24) is 9.78 Å². The predicted molar refractivity (Wildman–Crippen MR) is 112 cm³/mol. The van der Waals surface area contributed by atoms with Gasteiger partial charge in [-0.3, -0.25) is 4.79 Å². The topological polar surface area (TPSA) is 72.2 Å². The lowest BCUT2D eigenvalue weighted by Gasteiger charge is -2.12. The van der Waals surface area contributed by atoms with Gasteiger partial charge < -0.3 is 4.55 Å². The average molecular weight is 468 g/mol. The van der Waals surface area contributed by atoms with Crippen LogP contribution in [0.3, 0.4) is 0 Å². The average Bonchev–Trinajstić information content (AvgIpc) is 2.64. The number of alkyl halides is 1. The molecule has 3 rings (SSSR count). The maximum atomic E-state index is 13.0. The second-order valence-electron chi connectivity index (χ2n) is 5.84. The SMILES string of the molecule is O=c1c(CCBr)c(-c2ccc(CS(=O)O)cc2)cnn1-c1cccc(Cl)c1. The molecule has 0 aliphatic carbocycles. The number of hydrogen-bond donors (Lipinski definition) is 1. The van der Waals surface area contributed by atoms with E-state index in [1.54, 1.807) is 42.6 Å². The molecule has 0 saturated carbocycles.